The van der Waals surface area contributed by atoms with Crippen LogP contribution < -0.4 is 10.1 Å². The third-order valence-corrected chi connectivity index (χ3v) is 5.36. The molecule has 0 bridgehead atoms. The van der Waals surface area contributed by atoms with Crippen LogP contribution in [0.5, 0.6) is 5.75 Å². The van der Waals surface area contributed by atoms with Gasteiger partial charge in [0.1, 0.15) is 5.75 Å². The lowest BCUT2D eigenvalue weighted by Gasteiger charge is -2.33. The van der Waals surface area contributed by atoms with Gasteiger partial charge in [0.2, 0.25) is 5.91 Å². The van der Waals surface area contributed by atoms with Crippen molar-refractivity contribution in [3.8, 4) is 5.75 Å². The van der Waals surface area contributed by atoms with Gasteiger partial charge in [-0.25, -0.2) is 0 Å². The Labute approximate surface area is 145 Å². The monoisotopic (exact) mass is 330 g/mol. The standard InChI is InChI=1S/C20H30N2O2/c1-2-24-18-9-7-16(8-10-18)5-6-17-11-14-22(15-12-17)20(23)19-4-3-13-21-19/h7-10,17,19,21H,2-6,11-15H2,1H3. The Hall–Kier alpha value is -1.55. The maximum Gasteiger partial charge on any atom is 0.239 e. The van der Waals surface area contributed by atoms with Crippen molar-refractivity contribution in [1.82, 2.24) is 10.2 Å². The predicted molar refractivity (Wildman–Crippen MR) is 96.3 cm³/mol. The molecule has 4 heteroatoms. The molecule has 0 aliphatic carbocycles. The zero-order valence-corrected chi connectivity index (χ0v) is 14.8. The minimum absolute atomic E-state index is 0.0883. The van der Waals surface area contributed by atoms with Crippen molar-refractivity contribution in [2.75, 3.05) is 26.2 Å². The molecular formula is C20H30N2O2. The number of rotatable bonds is 6. The molecule has 1 aromatic rings. The van der Waals surface area contributed by atoms with E-state index in [4.69, 9.17) is 4.74 Å². The Balaban J connectivity index is 1.39. The number of nitrogens with one attached hydrogen (secondary N) is 1. The molecule has 0 saturated carbocycles. The van der Waals surface area contributed by atoms with Gasteiger partial charge in [0.15, 0.2) is 0 Å². The third kappa shape index (κ3) is 4.50. The lowest BCUT2D eigenvalue weighted by Crippen LogP contribution is -2.47. The predicted octanol–water partition coefficient (Wildman–Crippen LogP) is 3.01. The SMILES string of the molecule is CCOc1ccc(CCC2CCN(C(=O)C3CCCN3)CC2)cc1. The van der Waals surface area contributed by atoms with E-state index < -0.39 is 0 Å². The van der Waals surface area contributed by atoms with E-state index in [1.807, 2.05) is 6.92 Å². The maximum absolute atomic E-state index is 12.4. The average molecular weight is 330 g/mol. The molecule has 0 aromatic heterocycles. The van der Waals surface area contributed by atoms with Gasteiger partial charge in [0.25, 0.3) is 0 Å². The van der Waals surface area contributed by atoms with E-state index >= 15 is 0 Å². The summed E-state index contributed by atoms with van der Waals surface area (Å²) in [7, 11) is 0. The molecular weight excluding hydrogens is 300 g/mol. The minimum atomic E-state index is 0.0883. The number of aryl methyl sites for hydroxylation is 1. The first-order chi connectivity index (χ1) is 11.8. The lowest BCUT2D eigenvalue weighted by atomic mass is 9.90. The number of piperidine rings is 1. The van der Waals surface area contributed by atoms with E-state index in [-0.39, 0.29) is 6.04 Å². The average Bonchev–Trinajstić information content (AvgIpc) is 3.16. The summed E-state index contributed by atoms with van der Waals surface area (Å²) in [6, 6.07) is 8.57. The fourth-order valence-electron chi connectivity index (χ4n) is 3.85. The van der Waals surface area contributed by atoms with Gasteiger partial charge in [0, 0.05) is 13.1 Å². The Morgan fingerprint density at radius 2 is 1.96 bits per heavy atom. The summed E-state index contributed by atoms with van der Waals surface area (Å²) in [6.07, 6.45) is 6.78. The smallest absolute Gasteiger partial charge is 0.239 e. The highest BCUT2D eigenvalue weighted by Crippen LogP contribution is 2.24. The van der Waals surface area contributed by atoms with E-state index in [1.54, 1.807) is 0 Å². The Bertz CT molecular complexity index is 515. The fourth-order valence-corrected chi connectivity index (χ4v) is 3.85. The number of carbonyl (C=O) groups excluding carboxylic acids is 1. The van der Waals surface area contributed by atoms with Crippen LogP contribution in [0.1, 0.15) is 44.6 Å². The molecule has 2 aliphatic heterocycles. The number of amides is 1. The molecule has 2 heterocycles. The van der Waals surface area contributed by atoms with Crippen LogP contribution in [-0.2, 0) is 11.2 Å². The fraction of sp³-hybridized carbons (Fsp3) is 0.650. The molecule has 1 N–H and O–H groups in total. The molecule has 4 nitrogen and oxygen atoms in total. The summed E-state index contributed by atoms with van der Waals surface area (Å²) in [5.41, 5.74) is 1.38. The molecule has 0 radical (unpaired) electrons. The van der Waals surface area contributed by atoms with Crippen molar-refractivity contribution in [1.29, 1.82) is 0 Å². The van der Waals surface area contributed by atoms with E-state index in [9.17, 15) is 4.79 Å². The van der Waals surface area contributed by atoms with Crippen molar-refractivity contribution >= 4 is 5.91 Å². The van der Waals surface area contributed by atoms with Crippen molar-refractivity contribution < 1.29 is 9.53 Å². The number of hydrogen-bond donors (Lipinski definition) is 1. The number of hydrogen-bond acceptors (Lipinski definition) is 3. The van der Waals surface area contributed by atoms with Gasteiger partial charge >= 0.3 is 0 Å². The number of nitrogens with zero attached hydrogens (tertiary/aromatic N) is 1. The zero-order valence-electron chi connectivity index (χ0n) is 14.8. The first-order valence-corrected chi connectivity index (χ1v) is 9.50. The quantitative estimate of drug-likeness (QED) is 0.872. The largest absolute Gasteiger partial charge is 0.494 e. The highest BCUT2D eigenvalue weighted by molar-refractivity contribution is 5.82. The topological polar surface area (TPSA) is 41.6 Å². The normalized spacial score (nSPS) is 21.9. The lowest BCUT2D eigenvalue weighted by molar-refractivity contribution is -0.134. The summed E-state index contributed by atoms with van der Waals surface area (Å²) in [5.74, 6) is 2.03. The Kier molecular flexibility index (Phi) is 6.13. The molecule has 1 aromatic carbocycles. The number of likely N-dealkylation sites (tertiary alicyclic amines) is 1. The van der Waals surface area contributed by atoms with Gasteiger partial charge in [-0.1, -0.05) is 12.1 Å². The molecule has 24 heavy (non-hydrogen) atoms. The summed E-state index contributed by atoms with van der Waals surface area (Å²) in [5, 5.41) is 3.32. The second-order valence-corrected chi connectivity index (χ2v) is 7.03. The molecule has 1 amide bonds. The van der Waals surface area contributed by atoms with Gasteiger partial charge in [-0.05, 0) is 75.6 Å². The molecule has 1 unspecified atom stereocenters. The number of ether oxygens (including phenoxy) is 1. The molecule has 0 spiro atoms. The molecule has 2 aliphatic rings. The number of carbonyl (C=O) groups is 1. The van der Waals surface area contributed by atoms with Gasteiger partial charge < -0.3 is 15.0 Å². The van der Waals surface area contributed by atoms with E-state index in [0.29, 0.717) is 12.5 Å². The second-order valence-electron chi connectivity index (χ2n) is 7.03. The van der Waals surface area contributed by atoms with Crippen molar-refractivity contribution in [3.63, 3.8) is 0 Å². The van der Waals surface area contributed by atoms with Gasteiger partial charge in [-0.3, -0.25) is 4.79 Å². The Morgan fingerprint density at radius 3 is 2.58 bits per heavy atom. The maximum atomic E-state index is 12.4. The molecule has 2 fully saturated rings. The second kappa shape index (κ2) is 8.52. The van der Waals surface area contributed by atoms with Gasteiger partial charge in [-0.2, -0.15) is 0 Å². The molecule has 132 valence electrons. The summed E-state index contributed by atoms with van der Waals surface area (Å²) >= 11 is 0. The summed E-state index contributed by atoms with van der Waals surface area (Å²) in [6.45, 7) is 5.59. The Morgan fingerprint density at radius 1 is 1.21 bits per heavy atom. The highest BCUT2D eigenvalue weighted by Gasteiger charge is 2.29. The molecule has 3 rings (SSSR count). The summed E-state index contributed by atoms with van der Waals surface area (Å²) < 4.78 is 5.49. The molecule has 2 saturated heterocycles. The number of benzene rings is 1. The van der Waals surface area contributed by atoms with Crippen molar-refractivity contribution in [3.05, 3.63) is 29.8 Å². The van der Waals surface area contributed by atoms with Crippen LogP contribution in [0.3, 0.4) is 0 Å². The van der Waals surface area contributed by atoms with Gasteiger partial charge in [-0.15, -0.1) is 0 Å². The first kappa shape index (κ1) is 17.3. The van der Waals surface area contributed by atoms with Crippen LogP contribution in [0.25, 0.3) is 0 Å². The van der Waals surface area contributed by atoms with Crippen LogP contribution in [0, 0.1) is 5.92 Å². The zero-order chi connectivity index (χ0) is 16.8. The van der Waals surface area contributed by atoms with Crippen LogP contribution in [0.2, 0.25) is 0 Å². The van der Waals surface area contributed by atoms with E-state index in [2.05, 4.69) is 34.5 Å². The van der Waals surface area contributed by atoms with E-state index in [0.717, 1.165) is 63.4 Å². The van der Waals surface area contributed by atoms with Crippen molar-refractivity contribution in [2.45, 2.75) is 51.5 Å². The van der Waals surface area contributed by atoms with Crippen molar-refractivity contribution in [2.24, 2.45) is 5.92 Å². The van der Waals surface area contributed by atoms with Crippen LogP contribution >= 0.6 is 0 Å². The van der Waals surface area contributed by atoms with Crippen LogP contribution in [-0.4, -0.2) is 43.1 Å². The highest BCUT2D eigenvalue weighted by atomic mass is 16.5. The third-order valence-electron chi connectivity index (χ3n) is 5.36. The van der Waals surface area contributed by atoms with E-state index in [1.165, 1.54) is 12.0 Å². The molecule has 1 atom stereocenters. The van der Waals surface area contributed by atoms with Gasteiger partial charge in [0.05, 0.1) is 12.6 Å². The summed E-state index contributed by atoms with van der Waals surface area (Å²) in [4.78, 5) is 14.5. The van der Waals surface area contributed by atoms with Crippen LogP contribution in [0.4, 0.5) is 0 Å². The van der Waals surface area contributed by atoms with Crippen LogP contribution in [0.15, 0.2) is 24.3 Å². The minimum Gasteiger partial charge on any atom is -0.494 e. The first-order valence-electron chi connectivity index (χ1n) is 9.50.